The van der Waals surface area contributed by atoms with Crippen LogP contribution in [-0.2, 0) is 11.3 Å². The standard InChI is InChI=1S/C19H24FNOS2/c1-12-2-3-13(8-17(12)20)11-21-18(22)14-9-15-4-5-16(10-14)19(15)23-6-7-24-19/h2-3,8,14-16H,4-7,9-11H2,1H3,(H,21,22). The van der Waals surface area contributed by atoms with Crippen molar-refractivity contribution in [2.45, 2.75) is 43.2 Å². The lowest BCUT2D eigenvalue weighted by atomic mass is 9.79. The molecule has 1 heterocycles. The van der Waals surface area contributed by atoms with Gasteiger partial charge in [0.2, 0.25) is 5.91 Å². The summed E-state index contributed by atoms with van der Waals surface area (Å²) in [4.78, 5) is 12.6. The maximum atomic E-state index is 13.6. The number of benzene rings is 1. The van der Waals surface area contributed by atoms with Crippen LogP contribution >= 0.6 is 23.5 Å². The largest absolute Gasteiger partial charge is 0.352 e. The molecule has 1 aromatic carbocycles. The summed E-state index contributed by atoms with van der Waals surface area (Å²) in [5, 5.41) is 3.04. The van der Waals surface area contributed by atoms with Crippen molar-refractivity contribution >= 4 is 29.4 Å². The molecule has 24 heavy (non-hydrogen) atoms. The highest BCUT2D eigenvalue weighted by molar-refractivity contribution is 8.21. The second kappa shape index (κ2) is 6.56. The van der Waals surface area contributed by atoms with E-state index in [4.69, 9.17) is 0 Å². The van der Waals surface area contributed by atoms with Crippen molar-refractivity contribution in [3.63, 3.8) is 0 Å². The molecule has 1 amide bonds. The predicted molar refractivity (Wildman–Crippen MR) is 99.6 cm³/mol. The topological polar surface area (TPSA) is 29.1 Å². The number of rotatable bonds is 3. The number of halogens is 1. The van der Waals surface area contributed by atoms with E-state index in [1.807, 2.05) is 6.07 Å². The Kier molecular flexibility index (Phi) is 4.59. The van der Waals surface area contributed by atoms with Gasteiger partial charge in [-0.25, -0.2) is 4.39 Å². The molecule has 2 nitrogen and oxygen atoms in total. The van der Waals surface area contributed by atoms with E-state index in [1.54, 1.807) is 13.0 Å². The van der Waals surface area contributed by atoms with Gasteiger partial charge in [0, 0.05) is 24.0 Å². The second-order valence-corrected chi connectivity index (χ2v) is 10.4. The van der Waals surface area contributed by atoms with Crippen molar-refractivity contribution < 1.29 is 9.18 Å². The molecule has 0 radical (unpaired) electrons. The molecular formula is C19H24FNOS2. The van der Waals surface area contributed by atoms with Gasteiger partial charge in [0.05, 0.1) is 4.08 Å². The lowest BCUT2D eigenvalue weighted by Gasteiger charge is -2.42. The number of carbonyl (C=O) groups is 1. The molecular weight excluding hydrogens is 341 g/mol. The number of aryl methyl sites for hydroxylation is 1. The Hall–Kier alpha value is -0.680. The first-order chi connectivity index (χ1) is 11.6. The number of nitrogens with one attached hydrogen (secondary N) is 1. The Morgan fingerprint density at radius 2 is 1.92 bits per heavy atom. The molecule has 130 valence electrons. The molecule has 1 N–H and O–H groups in total. The summed E-state index contributed by atoms with van der Waals surface area (Å²) in [7, 11) is 0. The number of amides is 1. The first-order valence-corrected chi connectivity index (χ1v) is 10.9. The van der Waals surface area contributed by atoms with E-state index in [1.165, 1.54) is 30.4 Å². The summed E-state index contributed by atoms with van der Waals surface area (Å²) in [6.45, 7) is 2.18. The molecule has 2 saturated carbocycles. The summed E-state index contributed by atoms with van der Waals surface area (Å²) in [5.41, 5.74) is 1.48. The SMILES string of the molecule is Cc1ccc(CNC(=O)C2CC3CCC(C2)C32SCCS2)cc1F. The molecule has 2 aliphatic carbocycles. The van der Waals surface area contributed by atoms with Crippen molar-refractivity contribution in [2.24, 2.45) is 17.8 Å². The van der Waals surface area contributed by atoms with Crippen LogP contribution in [0.1, 0.15) is 36.8 Å². The van der Waals surface area contributed by atoms with Crippen LogP contribution in [0.2, 0.25) is 0 Å². The smallest absolute Gasteiger partial charge is 0.223 e. The maximum absolute atomic E-state index is 13.6. The minimum atomic E-state index is -0.199. The lowest BCUT2D eigenvalue weighted by molar-refractivity contribution is -0.126. The average Bonchev–Trinajstić information content (AvgIpc) is 3.11. The van der Waals surface area contributed by atoms with E-state index >= 15 is 0 Å². The Morgan fingerprint density at radius 1 is 1.25 bits per heavy atom. The van der Waals surface area contributed by atoms with Crippen LogP contribution in [-0.4, -0.2) is 21.5 Å². The van der Waals surface area contributed by atoms with Gasteiger partial charge in [0.1, 0.15) is 5.82 Å². The lowest BCUT2D eigenvalue weighted by Crippen LogP contribution is -2.42. The summed E-state index contributed by atoms with van der Waals surface area (Å²) in [5.74, 6) is 4.04. The van der Waals surface area contributed by atoms with Crippen LogP contribution in [0.4, 0.5) is 4.39 Å². The summed E-state index contributed by atoms with van der Waals surface area (Å²) in [6, 6.07) is 5.20. The predicted octanol–water partition coefficient (Wildman–Crippen LogP) is 4.36. The number of carbonyl (C=O) groups excluding carboxylic acids is 1. The van der Waals surface area contributed by atoms with Gasteiger partial charge >= 0.3 is 0 Å². The molecule has 1 aliphatic heterocycles. The van der Waals surface area contributed by atoms with Crippen molar-refractivity contribution in [1.82, 2.24) is 5.32 Å². The van der Waals surface area contributed by atoms with Crippen molar-refractivity contribution in [2.75, 3.05) is 11.5 Å². The second-order valence-electron chi connectivity index (χ2n) is 7.36. The number of hydrogen-bond donors (Lipinski definition) is 1. The van der Waals surface area contributed by atoms with E-state index in [2.05, 4.69) is 28.8 Å². The highest BCUT2D eigenvalue weighted by Gasteiger charge is 2.57. The van der Waals surface area contributed by atoms with Crippen molar-refractivity contribution in [3.8, 4) is 0 Å². The fourth-order valence-electron chi connectivity index (χ4n) is 4.69. The normalized spacial score (nSPS) is 30.7. The third-order valence-electron chi connectivity index (χ3n) is 5.95. The highest BCUT2D eigenvalue weighted by atomic mass is 32.2. The highest BCUT2D eigenvalue weighted by Crippen LogP contribution is 2.65. The van der Waals surface area contributed by atoms with Crippen LogP contribution in [0.25, 0.3) is 0 Å². The average molecular weight is 366 g/mol. The fraction of sp³-hybridized carbons (Fsp3) is 0.632. The maximum Gasteiger partial charge on any atom is 0.223 e. The van der Waals surface area contributed by atoms with Gasteiger partial charge in [-0.1, -0.05) is 12.1 Å². The molecule has 3 fully saturated rings. The van der Waals surface area contributed by atoms with E-state index in [0.717, 1.165) is 18.4 Å². The first kappa shape index (κ1) is 16.8. The van der Waals surface area contributed by atoms with Gasteiger partial charge in [-0.15, -0.1) is 23.5 Å². The first-order valence-electron chi connectivity index (χ1n) is 8.89. The van der Waals surface area contributed by atoms with E-state index in [0.29, 0.717) is 28.0 Å². The number of hydrogen-bond acceptors (Lipinski definition) is 3. The molecule has 3 aliphatic rings. The van der Waals surface area contributed by atoms with Crippen molar-refractivity contribution in [1.29, 1.82) is 0 Å². The van der Waals surface area contributed by atoms with E-state index in [-0.39, 0.29) is 17.6 Å². The molecule has 5 heteroatoms. The van der Waals surface area contributed by atoms with Crippen LogP contribution < -0.4 is 5.32 Å². The molecule has 0 aromatic heterocycles. The zero-order chi connectivity index (χ0) is 16.7. The molecule has 1 saturated heterocycles. The van der Waals surface area contributed by atoms with Gasteiger partial charge in [-0.2, -0.15) is 0 Å². The third kappa shape index (κ3) is 2.88. The molecule has 2 atom stereocenters. The van der Waals surface area contributed by atoms with Gasteiger partial charge in [0.25, 0.3) is 0 Å². The van der Waals surface area contributed by atoms with E-state index in [9.17, 15) is 9.18 Å². The zero-order valence-corrected chi connectivity index (χ0v) is 15.6. The van der Waals surface area contributed by atoms with E-state index < -0.39 is 0 Å². The van der Waals surface area contributed by atoms with Gasteiger partial charge < -0.3 is 5.32 Å². The van der Waals surface area contributed by atoms with Crippen LogP contribution in [0.15, 0.2) is 18.2 Å². The molecule has 2 unspecified atom stereocenters. The third-order valence-corrected chi connectivity index (χ3v) is 9.97. The van der Waals surface area contributed by atoms with Gasteiger partial charge in [-0.3, -0.25) is 4.79 Å². The quantitative estimate of drug-likeness (QED) is 0.863. The Labute approximate surface area is 151 Å². The molecule has 2 bridgehead atoms. The van der Waals surface area contributed by atoms with Crippen molar-refractivity contribution in [3.05, 3.63) is 35.1 Å². The zero-order valence-electron chi connectivity index (χ0n) is 14.0. The van der Waals surface area contributed by atoms with Gasteiger partial charge in [-0.05, 0) is 61.6 Å². The van der Waals surface area contributed by atoms with Crippen LogP contribution in [0.5, 0.6) is 0 Å². The number of thioether (sulfide) groups is 2. The van der Waals surface area contributed by atoms with Gasteiger partial charge in [0.15, 0.2) is 0 Å². The monoisotopic (exact) mass is 365 g/mol. The fourth-order valence-corrected chi connectivity index (χ4v) is 8.63. The minimum absolute atomic E-state index is 0.144. The summed E-state index contributed by atoms with van der Waals surface area (Å²) < 4.78 is 14.0. The Morgan fingerprint density at radius 3 is 2.54 bits per heavy atom. The molecule has 1 aromatic rings. The van der Waals surface area contributed by atoms with Crippen LogP contribution in [0.3, 0.4) is 0 Å². The molecule has 1 spiro atoms. The summed E-state index contributed by atoms with van der Waals surface area (Å²) in [6.07, 6.45) is 4.64. The van der Waals surface area contributed by atoms with Crippen LogP contribution in [0, 0.1) is 30.5 Å². The minimum Gasteiger partial charge on any atom is -0.352 e. The Balaban J connectivity index is 1.37. The Bertz CT molecular complexity index is 628. The molecule has 4 rings (SSSR count). The summed E-state index contributed by atoms with van der Waals surface area (Å²) >= 11 is 4.32.